The van der Waals surface area contributed by atoms with Crippen LogP contribution in [0.3, 0.4) is 0 Å². The lowest BCUT2D eigenvalue weighted by Gasteiger charge is -1.98. The first-order valence-electron chi connectivity index (χ1n) is 5.93. The first-order valence-corrected chi connectivity index (χ1v) is 5.93. The molecule has 0 unspecified atom stereocenters. The third kappa shape index (κ3) is 2.28. The minimum absolute atomic E-state index is 0.191. The van der Waals surface area contributed by atoms with Gasteiger partial charge in [0.15, 0.2) is 5.82 Å². The summed E-state index contributed by atoms with van der Waals surface area (Å²) in [4.78, 5) is 20.3. The molecule has 0 saturated heterocycles. The number of rotatable bonds is 3. The SMILES string of the molecule is Cc1occc1C(=O)Nc1n[nH]c(-c2ccccn2)n1. The van der Waals surface area contributed by atoms with Gasteiger partial charge < -0.3 is 4.42 Å². The van der Waals surface area contributed by atoms with E-state index < -0.39 is 0 Å². The van der Waals surface area contributed by atoms with Gasteiger partial charge in [0.05, 0.1) is 11.8 Å². The lowest BCUT2D eigenvalue weighted by atomic mass is 10.2. The van der Waals surface area contributed by atoms with Gasteiger partial charge in [-0.25, -0.2) is 0 Å². The van der Waals surface area contributed by atoms with Crippen molar-refractivity contribution in [2.24, 2.45) is 0 Å². The van der Waals surface area contributed by atoms with Crippen LogP contribution in [-0.2, 0) is 0 Å². The van der Waals surface area contributed by atoms with E-state index in [9.17, 15) is 4.79 Å². The molecule has 0 aromatic carbocycles. The number of aromatic nitrogens is 4. The molecule has 0 radical (unpaired) electrons. The number of hydrogen-bond acceptors (Lipinski definition) is 5. The molecule has 2 N–H and O–H groups in total. The highest BCUT2D eigenvalue weighted by Gasteiger charge is 2.14. The largest absolute Gasteiger partial charge is 0.469 e. The van der Waals surface area contributed by atoms with Crippen LogP contribution in [0.25, 0.3) is 11.5 Å². The zero-order valence-corrected chi connectivity index (χ0v) is 10.6. The van der Waals surface area contributed by atoms with Crippen molar-refractivity contribution in [3.63, 3.8) is 0 Å². The van der Waals surface area contributed by atoms with Crippen LogP contribution in [0.2, 0.25) is 0 Å². The smallest absolute Gasteiger partial charge is 0.261 e. The fourth-order valence-electron chi connectivity index (χ4n) is 1.72. The molecule has 100 valence electrons. The third-order valence-corrected chi connectivity index (χ3v) is 2.72. The quantitative estimate of drug-likeness (QED) is 0.758. The lowest BCUT2D eigenvalue weighted by Crippen LogP contribution is -2.13. The Labute approximate surface area is 114 Å². The van der Waals surface area contributed by atoms with E-state index in [1.807, 2.05) is 12.1 Å². The average molecular weight is 269 g/mol. The summed E-state index contributed by atoms with van der Waals surface area (Å²) in [6, 6.07) is 7.05. The second kappa shape index (κ2) is 4.96. The monoisotopic (exact) mass is 269 g/mol. The van der Waals surface area contributed by atoms with Gasteiger partial charge in [0.1, 0.15) is 11.5 Å². The van der Waals surface area contributed by atoms with E-state index in [4.69, 9.17) is 4.42 Å². The second-order valence-electron chi connectivity index (χ2n) is 4.07. The van der Waals surface area contributed by atoms with Crippen LogP contribution >= 0.6 is 0 Å². The molecule has 0 fully saturated rings. The standard InChI is InChI=1S/C13H11N5O2/c1-8-9(5-7-20-8)12(19)16-13-15-11(17-18-13)10-4-2-3-6-14-10/h2-7H,1H3,(H2,15,16,17,18,19). The van der Waals surface area contributed by atoms with Crippen molar-refractivity contribution in [2.75, 3.05) is 5.32 Å². The number of carbonyl (C=O) groups excluding carboxylic acids is 1. The summed E-state index contributed by atoms with van der Waals surface area (Å²) < 4.78 is 5.08. The molecular formula is C13H11N5O2. The number of H-pyrrole nitrogens is 1. The molecule has 7 heteroatoms. The number of aryl methyl sites for hydroxylation is 1. The van der Waals surface area contributed by atoms with Crippen molar-refractivity contribution in [1.82, 2.24) is 20.2 Å². The number of carbonyl (C=O) groups is 1. The Morgan fingerprint density at radius 3 is 2.95 bits per heavy atom. The molecule has 0 aliphatic rings. The molecule has 3 heterocycles. The van der Waals surface area contributed by atoms with Gasteiger partial charge in [0, 0.05) is 6.20 Å². The van der Waals surface area contributed by atoms with Crippen molar-refractivity contribution in [3.05, 3.63) is 48.0 Å². The van der Waals surface area contributed by atoms with E-state index in [-0.39, 0.29) is 11.9 Å². The van der Waals surface area contributed by atoms with Gasteiger partial charge in [-0.1, -0.05) is 6.07 Å². The van der Waals surface area contributed by atoms with Crippen LogP contribution in [0.4, 0.5) is 5.95 Å². The maximum Gasteiger partial charge on any atom is 0.261 e. The average Bonchev–Trinajstić information content (AvgIpc) is 3.09. The first kappa shape index (κ1) is 12.1. The predicted octanol–water partition coefficient (Wildman–Crippen LogP) is 2.02. The number of pyridine rings is 1. The summed E-state index contributed by atoms with van der Waals surface area (Å²) >= 11 is 0. The number of nitrogens with one attached hydrogen (secondary N) is 2. The molecule has 0 atom stereocenters. The second-order valence-corrected chi connectivity index (χ2v) is 4.07. The molecule has 20 heavy (non-hydrogen) atoms. The van der Waals surface area contributed by atoms with E-state index in [0.717, 1.165) is 0 Å². The van der Waals surface area contributed by atoms with Crippen molar-refractivity contribution in [3.8, 4) is 11.5 Å². The van der Waals surface area contributed by atoms with Gasteiger partial charge in [-0.3, -0.25) is 20.2 Å². The number of anilines is 1. The van der Waals surface area contributed by atoms with E-state index in [1.54, 1.807) is 25.3 Å². The third-order valence-electron chi connectivity index (χ3n) is 2.72. The molecular weight excluding hydrogens is 258 g/mol. The van der Waals surface area contributed by atoms with E-state index in [0.29, 0.717) is 22.8 Å². The number of furan rings is 1. The van der Waals surface area contributed by atoms with Gasteiger partial charge in [-0.2, -0.15) is 4.98 Å². The Hall–Kier alpha value is -2.96. The molecule has 3 aromatic heterocycles. The number of amides is 1. The molecule has 0 aliphatic carbocycles. The van der Waals surface area contributed by atoms with E-state index in [2.05, 4.69) is 25.5 Å². The Morgan fingerprint density at radius 1 is 1.35 bits per heavy atom. The molecule has 0 aliphatic heterocycles. The molecule has 1 amide bonds. The molecule has 0 bridgehead atoms. The van der Waals surface area contributed by atoms with Gasteiger partial charge >= 0.3 is 0 Å². The van der Waals surface area contributed by atoms with Crippen LogP contribution in [-0.4, -0.2) is 26.1 Å². The zero-order valence-electron chi connectivity index (χ0n) is 10.6. The Bertz CT molecular complexity index is 732. The number of nitrogens with zero attached hydrogens (tertiary/aromatic N) is 3. The maximum absolute atomic E-state index is 12.0. The fraction of sp³-hybridized carbons (Fsp3) is 0.0769. The first-order chi connectivity index (χ1) is 9.74. The van der Waals surface area contributed by atoms with Gasteiger partial charge in [-0.05, 0) is 25.1 Å². The van der Waals surface area contributed by atoms with E-state index >= 15 is 0 Å². The van der Waals surface area contributed by atoms with Crippen LogP contribution < -0.4 is 5.32 Å². The Balaban J connectivity index is 1.78. The van der Waals surface area contributed by atoms with Crippen molar-refractivity contribution < 1.29 is 9.21 Å². The Morgan fingerprint density at radius 2 is 2.25 bits per heavy atom. The topological polar surface area (TPSA) is 96.7 Å². The van der Waals surface area contributed by atoms with Crippen molar-refractivity contribution >= 4 is 11.9 Å². The van der Waals surface area contributed by atoms with Crippen LogP contribution in [0.15, 0.2) is 41.1 Å². The number of hydrogen-bond donors (Lipinski definition) is 2. The molecule has 7 nitrogen and oxygen atoms in total. The molecule has 3 aromatic rings. The highest BCUT2D eigenvalue weighted by molar-refractivity contribution is 6.04. The van der Waals surface area contributed by atoms with Gasteiger partial charge in [0.2, 0.25) is 5.95 Å². The molecule has 0 saturated carbocycles. The van der Waals surface area contributed by atoms with Gasteiger partial charge in [0.25, 0.3) is 5.91 Å². The van der Waals surface area contributed by atoms with Crippen LogP contribution in [0, 0.1) is 6.92 Å². The minimum Gasteiger partial charge on any atom is -0.469 e. The maximum atomic E-state index is 12.0. The van der Waals surface area contributed by atoms with Crippen LogP contribution in [0.5, 0.6) is 0 Å². The highest BCUT2D eigenvalue weighted by Crippen LogP contribution is 2.14. The van der Waals surface area contributed by atoms with E-state index in [1.165, 1.54) is 6.26 Å². The summed E-state index contributed by atoms with van der Waals surface area (Å²) in [5.74, 6) is 0.909. The summed E-state index contributed by atoms with van der Waals surface area (Å²) in [7, 11) is 0. The normalized spacial score (nSPS) is 10.4. The summed E-state index contributed by atoms with van der Waals surface area (Å²) in [5.41, 5.74) is 1.11. The Kier molecular flexibility index (Phi) is 3.00. The fourth-order valence-corrected chi connectivity index (χ4v) is 1.72. The highest BCUT2D eigenvalue weighted by atomic mass is 16.3. The summed E-state index contributed by atoms with van der Waals surface area (Å²) in [6.45, 7) is 1.71. The summed E-state index contributed by atoms with van der Waals surface area (Å²) in [5, 5.41) is 9.25. The van der Waals surface area contributed by atoms with Crippen molar-refractivity contribution in [1.29, 1.82) is 0 Å². The van der Waals surface area contributed by atoms with Crippen LogP contribution in [0.1, 0.15) is 16.1 Å². The summed E-state index contributed by atoms with van der Waals surface area (Å²) in [6.07, 6.45) is 3.12. The molecule has 0 spiro atoms. The minimum atomic E-state index is -0.317. The number of aromatic amines is 1. The predicted molar refractivity (Wildman–Crippen MR) is 71.0 cm³/mol. The zero-order chi connectivity index (χ0) is 13.9. The molecule has 3 rings (SSSR count). The van der Waals surface area contributed by atoms with Gasteiger partial charge in [-0.15, -0.1) is 5.10 Å². The lowest BCUT2D eigenvalue weighted by molar-refractivity contribution is 0.102. The van der Waals surface area contributed by atoms with Crippen molar-refractivity contribution in [2.45, 2.75) is 6.92 Å².